The summed E-state index contributed by atoms with van der Waals surface area (Å²) >= 11 is 4.43. The number of hydrogen-bond acceptors (Lipinski definition) is 7. The van der Waals surface area contributed by atoms with E-state index in [-0.39, 0.29) is 22.9 Å². The van der Waals surface area contributed by atoms with Crippen molar-refractivity contribution < 1.29 is 22.4 Å². The van der Waals surface area contributed by atoms with E-state index in [1.165, 1.54) is 29.9 Å². The van der Waals surface area contributed by atoms with Gasteiger partial charge in [-0.25, -0.2) is 9.98 Å². The summed E-state index contributed by atoms with van der Waals surface area (Å²) < 4.78 is 47.5. The lowest BCUT2D eigenvalue weighted by Crippen LogP contribution is -2.19. The van der Waals surface area contributed by atoms with Crippen LogP contribution in [0.1, 0.15) is 73.6 Å². The van der Waals surface area contributed by atoms with Gasteiger partial charge >= 0.3 is 6.18 Å². The number of nitrogens with zero attached hydrogens (tertiary/aromatic N) is 4. The summed E-state index contributed by atoms with van der Waals surface area (Å²) in [4.78, 5) is 21.0. The molecule has 2 aromatic heterocycles. The summed E-state index contributed by atoms with van der Waals surface area (Å²) in [6.45, 7) is 6.39. The highest BCUT2D eigenvalue weighted by Gasteiger charge is 2.39. The Morgan fingerprint density at radius 3 is 2.69 bits per heavy atom. The van der Waals surface area contributed by atoms with Crippen LogP contribution in [0.3, 0.4) is 0 Å². The maximum Gasteiger partial charge on any atom is 0.437 e. The minimum atomic E-state index is -4.72. The van der Waals surface area contributed by atoms with Crippen molar-refractivity contribution in [3.63, 3.8) is 0 Å². The molecule has 0 spiro atoms. The Balaban J connectivity index is 1.41. The molecule has 0 saturated heterocycles. The predicted molar refractivity (Wildman–Crippen MR) is 134 cm³/mol. The van der Waals surface area contributed by atoms with Gasteiger partial charge in [0.2, 0.25) is 5.89 Å². The highest BCUT2D eigenvalue weighted by atomic mass is 32.1. The van der Waals surface area contributed by atoms with E-state index in [0.29, 0.717) is 30.2 Å². The number of anilines is 1. The maximum atomic E-state index is 13.6. The first kappa shape index (κ1) is 26.1. The second kappa shape index (κ2) is 10.9. The molecule has 0 aromatic carbocycles. The summed E-state index contributed by atoms with van der Waals surface area (Å²) in [6, 6.07) is -0.173. The van der Waals surface area contributed by atoms with Crippen molar-refractivity contribution in [3.8, 4) is 0 Å². The van der Waals surface area contributed by atoms with E-state index in [2.05, 4.69) is 44.9 Å². The SMILES string of the molecule is C=C(N=C/C=C(\C)c1nc(C(=O)Nc2cn(C3CCC(S)CC3)nc2C(F)(F)F)co1)NCC1CC1. The third kappa shape index (κ3) is 6.80. The zero-order valence-electron chi connectivity index (χ0n) is 19.9. The molecule has 1 amide bonds. The van der Waals surface area contributed by atoms with Gasteiger partial charge < -0.3 is 15.1 Å². The molecular weight excluding hydrogens is 493 g/mol. The van der Waals surface area contributed by atoms with Crippen molar-refractivity contribution in [2.75, 3.05) is 11.9 Å². The normalized spacial score (nSPS) is 21.1. The fourth-order valence-corrected chi connectivity index (χ4v) is 4.19. The van der Waals surface area contributed by atoms with Gasteiger partial charge in [-0.05, 0) is 57.4 Å². The number of oxazole rings is 1. The summed E-state index contributed by atoms with van der Waals surface area (Å²) in [5, 5.41) is 9.43. The molecule has 2 saturated carbocycles. The Labute approximate surface area is 212 Å². The standard InChI is InChI=1S/C24H29F3N6O2S/c1-14(9-10-28-15(2)29-11-16-3-4-16)23-31-20(13-35-23)22(34)30-19-12-33(32-21(19)24(25,26)27)17-5-7-18(36)8-6-17/h9-10,12-13,16-18,29,36H,2-8,11H2,1H3,(H,30,34)/b14-9+,28-10?. The van der Waals surface area contributed by atoms with Crippen molar-refractivity contribution in [2.45, 2.75) is 62.9 Å². The fraction of sp³-hybridized carbons (Fsp3) is 0.500. The molecule has 2 aliphatic carbocycles. The molecule has 0 aliphatic heterocycles. The van der Waals surface area contributed by atoms with Crippen molar-refractivity contribution in [2.24, 2.45) is 10.9 Å². The van der Waals surface area contributed by atoms with E-state index in [1.807, 2.05) is 0 Å². The first-order chi connectivity index (χ1) is 17.1. The lowest BCUT2D eigenvalue weighted by Gasteiger charge is -2.25. The zero-order valence-corrected chi connectivity index (χ0v) is 20.8. The topological polar surface area (TPSA) is 97.3 Å². The number of carbonyl (C=O) groups is 1. The lowest BCUT2D eigenvalue weighted by atomic mass is 9.95. The minimum Gasteiger partial charge on any atom is -0.444 e. The molecule has 36 heavy (non-hydrogen) atoms. The van der Waals surface area contributed by atoms with Gasteiger partial charge in [-0.2, -0.15) is 30.9 Å². The van der Waals surface area contributed by atoms with Crippen molar-refractivity contribution >= 4 is 36.0 Å². The van der Waals surface area contributed by atoms with E-state index in [0.717, 1.165) is 25.6 Å². The lowest BCUT2D eigenvalue weighted by molar-refractivity contribution is -0.141. The third-order valence-corrected chi connectivity index (χ3v) is 6.73. The molecule has 2 aliphatic rings. The van der Waals surface area contributed by atoms with Gasteiger partial charge in [-0.15, -0.1) is 0 Å². The zero-order chi connectivity index (χ0) is 25.9. The smallest absolute Gasteiger partial charge is 0.437 e. The number of rotatable bonds is 9. The largest absolute Gasteiger partial charge is 0.444 e. The van der Waals surface area contributed by atoms with E-state index in [1.54, 1.807) is 13.0 Å². The van der Waals surface area contributed by atoms with E-state index >= 15 is 0 Å². The minimum absolute atomic E-state index is 0.151. The van der Waals surface area contributed by atoms with Gasteiger partial charge in [0.1, 0.15) is 12.1 Å². The molecule has 0 atom stereocenters. The highest BCUT2D eigenvalue weighted by molar-refractivity contribution is 7.80. The van der Waals surface area contributed by atoms with Crippen molar-refractivity contribution in [1.82, 2.24) is 20.1 Å². The van der Waals surface area contributed by atoms with Gasteiger partial charge in [0, 0.05) is 29.8 Å². The number of thiol groups is 1. The summed E-state index contributed by atoms with van der Waals surface area (Å²) in [5.41, 5.74) is -1.13. The van der Waals surface area contributed by atoms with Crippen LogP contribution in [0.15, 0.2) is 40.3 Å². The Bertz CT molecular complexity index is 1160. The number of halogens is 3. The number of allylic oxidation sites excluding steroid dienone is 2. The monoisotopic (exact) mass is 522 g/mol. The van der Waals surface area contributed by atoms with Crippen LogP contribution < -0.4 is 10.6 Å². The van der Waals surface area contributed by atoms with Gasteiger partial charge in [0.15, 0.2) is 11.4 Å². The van der Waals surface area contributed by atoms with Gasteiger partial charge in [0.05, 0.1) is 11.7 Å². The van der Waals surface area contributed by atoms with Crippen molar-refractivity contribution in [3.05, 3.63) is 48.2 Å². The van der Waals surface area contributed by atoms with Gasteiger partial charge in [0.25, 0.3) is 5.91 Å². The number of carbonyl (C=O) groups excluding carboxylic acids is 1. The van der Waals surface area contributed by atoms with E-state index < -0.39 is 23.5 Å². The van der Waals surface area contributed by atoms with Gasteiger partial charge in [-0.1, -0.05) is 6.58 Å². The fourth-order valence-electron chi connectivity index (χ4n) is 3.89. The van der Waals surface area contributed by atoms with Gasteiger partial charge in [-0.3, -0.25) is 9.48 Å². The number of aliphatic imine (C=N–C) groups is 1. The Morgan fingerprint density at radius 2 is 2.03 bits per heavy atom. The summed E-state index contributed by atoms with van der Waals surface area (Å²) in [5.74, 6) is 0.561. The average Bonchev–Trinajstić information content (AvgIpc) is 3.33. The second-order valence-corrected chi connectivity index (χ2v) is 9.95. The molecular formula is C24H29F3N6O2S. The molecule has 2 N–H and O–H groups in total. The number of alkyl halides is 3. The van der Waals surface area contributed by atoms with Crippen LogP contribution in [-0.2, 0) is 6.18 Å². The van der Waals surface area contributed by atoms with Crippen LogP contribution in [0.2, 0.25) is 0 Å². The highest BCUT2D eigenvalue weighted by Crippen LogP contribution is 2.37. The van der Waals surface area contributed by atoms with Crippen LogP contribution in [-0.4, -0.2) is 38.7 Å². The number of hydrogen-bond donors (Lipinski definition) is 3. The summed E-state index contributed by atoms with van der Waals surface area (Å²) in [6.07, 6.45) is 6.16. The first-order valence-electron chi connectivity index (χ1n) is 11.9. The van der Waals surface area contributed by atoms with Crippen molar-refractivity contribution in [1.29, 1.82) is 0 Å². The van der Waals surface area contributed by atoms with Crippen LogP contribution in [0, 0.1) is 5.92 Å². The van der Waals surface area contributed by atoms with Crippen LogP contribution in [0.4, 0.5) is 18.9 Å². The summed E-state index contributed by atoms with van der Waals surface area (Å²) in [7, 11) is 0. The molecule has 8 nitrogen and oxygen atoms in total. The maximum absolute atomic E-state index is 13.6. The second-order valence-electron chi connectivity index (χ2n) is 9.22. The number of amides is 1. The Kier molecular flexibility index (Phi) is 7.91. The Hall–Kier alpha value is -3.02. The molecule has 4 rings (SSSR count). The molecule has 0 bridgehead atoms. The third-order valence-electron chi connectivity index (χ3n) is 6.21. The molecule has 194 valence electrons. The molecule has 12 heteroatoms. The average molecular weight is 523 g/mol. The number of nitrogens with one attached hydrogen (secondary N) is 2. The number of aromatic nitrogens is 3. The van der Waals surface area contributed by atoms with Crippen LogP contribution in [0.25, 0.3) is 5.57 Å². The van der Waals surface area contributed by atoms with E-state index in [4.69, 9.17) is 4.42 Å². The molecule has 0 radical (unpaired) electrons. The van der Waals surface area contributed by atoms with Crippen LogP contribution in [0.5, 0.6) is 0 Å². The molecule has 2 heterocycles. The Morgan fingerprint density at radius 1 is 1.31 bits per heavy atom. The molecule has 0 unspecified atom stereocenters. The predicted octanol–water partition coefficient (Wildman–Crippen LogP) is 5.50. The molecule has 2 aromatic rings. The van der Waals surface area contributed by atoms with E-state index in [9.17, 15) is 18.0 Å². The first-order valence-corrected chi connectivity index (χ1v) is 12.4. The quantitative estimate of drug-likeness (QED) is 0.299. The molecule has 2 fully saturated rings. The van der Waals surface area contributed by atoms with Crippen LogP contribution >= 0.6 is 12.6 Å².